The van der Waals surface area contributed by atoms with Crippen molar-refractivity contribution in [3.63, 3.8) is 0 Å². The summed E-state index contributed by atoms with van der Waals surface area (Å²) in [6.07, 6.45) is 5.75. The summed E-state index contributed by atoms with van der Waals surface area (Å²) >= 11 is 0. The van der Waals surface area contributed by atoms with Crippen molar-refractivity contribution in [3.8, 4) is 17.2 Å². The van der Waals surface area contributed by atoms with E-state index in [1.807, 2.05) is 20.8 Å². The highest BCUT2D eigenvalue weighted by Gasteiger charge is 2.48. The SMILES string of the molecule is CCCC(=O)C1=C(O)C(Cc2c(O)c3c(c(C(=O)CCC)c2O)OC(C)(C)C=C3)=C(O)[C@](C)(CC=C(C)C)C1=O. The van der Waals surface area contributed by atoms with E-state index in [4.69, 9.17) is 4.74 Å². The summed E-state index contributed by atoms with van der Waals surface area (Å²) in [5.41, 5.74) is -2.13. The van der Waals surface area contributed by atoms with Crippen molar-refractivity contribution < 1.29 is 39.5 Å². The molecular formula is C32H40O8. The molecule has 1 aliphatic carbocycles. The smallest absolute Gasteiger partial charge is 0.183 e. The molecule has 3 rings (SSSR count). The predicted molar refractivity (Wildman–Crippen MR) is 153 cm³/mol. The van der Waals surface area contributed by atoms with E-state index in [0.29, 0.717) is 12.8 Å². The zero-order valence-corrected chi connectivity index (χ0v) is 24.4. The number of hydrogen-bond donors (Lipinski definition) is 4. The second kappa shape index (κ2) is 11.4. The van der Waals surface area contributed by atoms with E-state index in [9.17, 15) is 34.8 Å². The third-order valence-corrected chi connectivity index (χ3v) is 7.40. The van der Waals surface area contributed by atoms with Gasteiger partial charge in [-0.15, -0.1) is 0 Å². The largest absolute Gasteiger partial charge is 0.511 e. The first-order chi connectivity index (χ1) is 18.6. The van der Waals surface area contributed by atoms with Gasteiger partial charge in [-0.05, 0) is 66.0 Å². The highest BCUT2D eigenvalue weighted by molar-refractivity contribution is 6.24. The van der Waals surface area contributed by atoms with Gasteiger partial charge in [0.2, 0.25) is 0 Å². The minimum Gasteiger partial charge on any atom is -0.511 e. The Bertz CT molecular complexity index is 1380. The lowest BCUT2D eigenvalue weighted by Gasteiger charge is -2.34. The molecule has 1 heterocycles. The molecule has 0 amide bonds. The van der Waals surface area contributed by atoms with Crippen LogP contribution in [-0.2, 0) is 16.0 Å². The average Bonchev–Trinajstić information content (AvgIpc) is 2.86. The van der Waals surface area contributed by atoms with Gasteiger partial charge in [0.15, 0.2) is 17.3 Å². The van der Waals surface area contributed by atoms with Gasteiger partial charge in [0, 0.05) is 30.4 Å². The number of benzene rings is 1. The molecule has 0 radical (unpaired) electrons. The molecule has 0 bridgehead atoms. The van der Waals surface area contributed by atoms with Crippen LogP contribution in [0.3, 0.4) is 0 Å². The van der Waals surface area contributed by atoms with Gasteiger partial charge < -0.3 is 25.2 Å². The fraction of sp³-hybridized carbons (Fsp3) is 0.469. The molecule has 1 aromatic rings. The molecule has 0 spiro atoms. The Morgan fingerprint density at radius 3 is 2.12 bits per heavy atom. The van der Waals surface area contributed by atoms with Gasteiger partial charge in [-0.25, -0.2) is 0 Å². The number of Topliss-reactive ketones (excluding diaryl/α,β-unsaturated/α-hetero) is 3. The summed E-state index contributed by atoms with van der Waals surface area (Å²) in [4.78, 5) is 39.8. The van der Waals surface area contributed by atoms with Crippen LogP contribution in [0.25, 0.3) is 6.08 Å². The van der Waals surface area contributed by atoms with Crippen molar-refractivity contribution in [1.82, 2.24) is 0 Å². The van der Waals surface area contributed by atoms with E-state index in [-0.39, 0.29) is 47.3 Å². The number of allylic oxidation sites excluding steroid dienone is 5. The number of rotatable bonds is 10. The van der Waals surface area contributed by atoms with Crippen LogP contribution in [0.5, 0.6) is 17.2 Å². The number of phenols is 2. The van der Waals surface area contributed by atoms with Crippen molar-refractivity contribution in [2.24, 2.45) is 5.41 Å². The quantitative estimate of drug-likeness (QED) is 0.142. The van der Waals surface area contributed by atoms with Gasteiger partial charge in [-0.2, -0.15) is 0 Å². The van der Waals surface area contributed by atoms with E-state index >= 15 is 0 Å². The van der Waals surface area contributed by atoms with Crippen LogP contribution < -0.4 is 4.74 Å². The Hall–Kier alpha value is -3.81. The maximum absolute atomic E-state index is 13.6. The molecule has 0 aromatic heterocycles. The summed E-state index contributed by atoms with van der Waals surface area (Å²) in [6, 6.07) is 0. The van der Waals surface area contributed by atoms with Crippen LogP contribution in [0.2, 0.25) is 0 Å². The van der Waals surface area contributed by atoms with Crippen LogP contribution in [0.4, 0.5) is 0 Å². The number of hydrogen-bond acceptors (Lipinski definition) is 8. The van der Waals surface area contributed by atoms with Gasteiger partial charge >= 0.3 is 0 Å². The monoisotopic (exact) mass is 552 g/mol. The van der Waals surface area contributed by atoms with Gasteiger partial charge in [-0.1, -0.05) is 25.5 Å². The van der Waals surface area contributed by atoms with Crippen molar-refractivity contribution in [2.75, 3.05) is 0 Å². The molecule has 2 aliphatic rings. The van der Waals surface area contributed by atoms with Crippen LogP contribution in [0.1, 0.15) is 102 Å². The number of aromatic hydroxyl groups is 2. The van der Waals surface area contributed by atoms with Crippen molar-refractivity contribution in [2.45, 2.75) is 92.6 Å². The molecule has 8 nitrogen and oxygen atoms in total. The number of ketones is 3. The molecule has 0 unspecified atom stereocenters. The molecule has 1 atom stereocenters. The van der Waals surface area contributed by atoms with E-state index in [2.05, 4.69) is 0 Å². The van der Waals surface area contributed by atoms with E-state index in [1.54, 1.807) is 39.0 Å². The molecule has 8 heteroatoms. The maximum atomic E-state index is 13.6. The Labute approximate surface area is 235 Å². The topological polar surface area (TPSA) is 141 Å². The average molecular weight is 553 g/mol. The second-order valence-electron chi connectivity index (χ2n) is 11.6. The highest BCUT2D eigenvalue weighted by atomic mass is 16.5. The van der Waals surface area contributed by atoms with Gasteiger partial charge in [0.1, 0.15) is 45.5 Å². The summed E-state index contributed by atoms with van der Waals surface area (Å²) in [5, 5.41) is 45.3. The molecular weight excluding hydrogens is 512 g/mol. The minimum atomic E-state index is -1.56. The summed E-state index contributed by atoms with van der Waals surface area (Å²) in [6.45, 7) is 12.3. The number of carbonyl (C=O) groups excluding carboxylic acids is 3. The highest BCUT2D eigenvalue weighted by Crippen LogP contribution is 2.50. The molecule has 0 saturated heterocycles. The van der Waals surface area contributed by atoms with E-state index < -0.39 is 63.4 Å². The van der Waals surface area contributed by atoms with Crippen LogP contribution >= 0.6 is 0 Å². The number of aliphatic hydroxyl groups is 2. The van der Waals surface area contributed by atoms with Crippen molar-refractivity contribution in [3.05, 3.63) is 57.1 Å². The second-order valence-corrected chi connectivity index (χ2v) is 11.6. The lowest BCUT2D eigenvalue weighted by Crippen LogP contribution is -2.39. The Morgan fingerprint density at radius 2 is 1.55 bits per heavy atom. The number of fused-ring (bicyclic) bond motifs is 1. The zero-order valence-electron chi connectivity index (χ0n) is 24.4. The maximum Gasteiger partial charge on any atom is 0.183 e. The number of ether oxygens (including phenoxy) is 1. The first kappa shape index (κ1) is 30.7. The third kappa shape index (κ3) is 5.44. The summed E-state index contributed by atoms with van der Waals surface area (Å²) < 4.78 is 6.00. The molecule has 40 heavy (non-hydrogen) atoms. The summed E-state index contributed by atoms with van der Waals surface area (Å²) in [5.74, 6) is -3.70. The predicted octanol–water partition coefficient (Wildman–Crippen LogP) is 6.75. The van der Waals surface area contributed by atoms with Crippen LogP contribution in [0.15, 0.2) is 40.4 Å². The van der Waals surface area contributed by atoms with Crippen LogP contribution in [0, 0.1) is 5.41 Å². The van der Waals surface area contributed by atoms with Gasteiger partial charge in [-0.3, -0.25) is 14.4 Å². The number of carbonyl (C=O) groups is 3. The lowest BCUT2D eigenvalue weighted by molar-refractivity contribution is -0.127. The number of phenolic OH excluding ortho intramolecular Hbond substituents is 2. The van der Waals surface area contributed by atoms with Crippen molar-refractivity contribution >= 4 is 23.4 Å². The Kier molecular flexibility index (Phi) is 8.72. The Morgan fingerprint density at radius 1 is 0.950 bits per heavy atom. The summed E-state index contributed by atoms with van der Waals surface area (Å²) in [7, 11) is 0. The normalized spacial score (nSPS) is 19.8. The lowest BCUT2D eigenvalue weighted by atomic mass is 9.69. The Balaban J connectivity index is 2.33. The fourth-order valence-electron chi connectivity index (χ4n) is 5.03. The molecule has 0 saturated carbocycles. The van der Waals surface area contributed by atoms with Gasteiger partial charge in [0.25, 0.3) is 0 Å². The standard InChI is InChI=1S/C32H40O8/c1-8-10-21(33)23-26(36)19(25(35)18-13-14-31(5,6)40-28(18)23)16-20-27(37)24(22(34)11-9-2)30(39)32(7,29(20)38)15-12-17(3)4/h12-14,35-38H,8-11,15-16H2,1-7H3/t32-/m0/s1. The van der Waals surface area contributed by atoms with E-state index in [1.165, 1.54) is 6.92 Å². The van der Waals surface area contributed by atoms with Crippen molar-refractivity contribution in [1.29, 1.82) is 0 Å². The third-order valence-electron chi connectivity index (χ3n) is 7.40. The molecule has 1 aliphatic heterocycles. The molecule has 1 aromatic carbocycles. The number of aliphatic hydroxyl groups excluding tert-OH is 2. The molecule has 4 N–H and O–H groups in total. The fourth-order valence-corrected chi connectivity index (χ4v) is 5.03. The van der Waals surface area contributed by atoms with Crippen LogP contribution in [-0.4, -0.2) is 43.4 Å². The first-order valence-corrected chi connectivity index (χ1v) is 13.7. The zero-order chi connectivity index (χ0) is 30.2. The van der Waals surface area contributed by atoms with E-state index in [0.717, 1.165) is 5.57 Å². The first-order valence-electron chi connectivity index (χ1n) is 13.7. The molecule has 216 valence electrons. The minimum absolute atomic E-state index is 0.0147. The van der Waals surface area contributed by atoms with Gasteiger partial charge in [0.05, 0.1) is 11.0 Å². The molecule has 0 fully saturated rings.